The normalized spacial score (nSPS) is 22.0. The largest absolute Gasteiger partial charge is 0.349 e. The van der Waals surface area contributed by atoms with Gasteiger partial charge >= 0.3 is 6.03 Å². The number of nitrogens with zero attached hydrogens (tertiary/aromatic N) is 2. The van der Waals surface area contributed by atoms with E-state index in [-0.39, 0.29) is 19.0 Å². The maximum atomic E-state index is 12.1. The third-order valence-electron chi connectivity index (χ3n) is 3.38. The zero-order chi connectivity index (χ0) is 14.8. The summed E-state index contributed by atoms with van der Waals surface area (Å²) >= 11 is 0. The standard InChI is InChI=1S/C12H17N5O3/c1-3-12(2)10(19)17(11(20)16-12)6-9(18)14-5-8-4-13-7-15-8/h4,7H,3,5-6H2,1-2H3,(H,13,15)(H,14,18)(H,16,20). The molecule has 2 rings (SSSR count). The van der Waals surface area contributed by atoms with Crippen molar-refractivity contribution in [3.63, 3.8) is 0 Å². The van der Waals surface area contributed by atoms with Gasteiger partial charge in [0.05, 0.1) is 18.6 Å². The highest BCUT2D eigenvalue weighted by atomic mass is 16.2. The zero-order valence-electron chi connectivity index (χ0n) is 11.4. The van der Waals surface area contributed by atoms with Gasteiger partial charge < -0.3 is 15.6 Å². The highest BCUT2D eigenvalue weighted by molar-refractivity contribution is 6.08. The number of imide groups is 1. The van der Waals surface area contributed by atoms with Crippen LogP contribution in [0.25, 0.3) is 0 Å². The highest BCUT2D eigenvalue weighted by Gasteiger charge is 2.46. The molecule has 0 bridgehead atoms. The van der Waals surface area contributed by atoms with Crippen LogP contribution in [0.2, 0.25) is 0 Å². The predicted octanol–water partition coefficient (Wildman–Crippen LogP) is -0.254. The van der Waals surface area contributed by atoms with E-state index in [1.165, 1.54) is 6.33 Å². The molecule has 2 heterocycles. The summed E-state index contributed by atoms with van der Waals surface area (Å²) in [6.07, 6.45) is 3.57. The molecule has 8 nitrogen and oxygen atoms in total. The third-order valence-corrected chi connectivity index (χ3v) is 3.38. The summed E-state index contributed by atoms with van der Waals surface area (Å²) in [7, 11) is 0. The lowest BCUT2D eigenvalue weighted by molar-refractivity contribution is -0.134. The Kier molecular flexibility index (Phi) is 3.73. The Balaban J connectivity index is 1.91. The van der Waals surface area contributed by atoms with Crippen LogP contribution < -0.4 is 10.6 Å². The van der Waals surface area contributed by atoms with Gasteiger partial charge in [0.25, 0.3) is 5.91 Å². The van der Waals surface area contributed by atoms with E-state index >= 15 is 0 Å². The molecule has 0 aromatic carbocycles. The summed E-state index contributed by atoms with van der Waals surface area (Å²) < 4.78 is 0. The first-order chi connectivity index (χ1) is 9.46. The zero-order valence-corrected chi connectivity index (χ0v) is 11.4. The number of urea groups is 1. The number of imidazole rings is 1. The van der Waals surface area contributed by atoms with Crippen LogP contribution in [0, 0.1) is 0 Å². The maximum Gasteiger partial charge on any atom is 0.325 e. The summed E-state index contributed by atoms with van der Waals surface area (Å²) in [6, 6.07) is -0.531. The number of aromatic nitrogens is 2. The van der Waals surface area contributed by atoms with Crippen molar-refractivity contribution in [1.82, 2.24) is 25.5 Å². The Labute approximate surface area is 115 Å². The van der Waals surface area contributed by atoms with E-state index in [4.69, 9.17) is 0 Å². The van der Waals surface area contributed by atoms with Crippen molar-refractivity contribution in [2.45, 2.75) is 32.4 Å². The number of hydrogen-bond donors (Lipinski definition) is 3. The Bertz CT molecular complexity index is 527. The first-order valence-electron chi connectivity index (χ1n) is 6.34. The molecule has 1 aliphatic heterocycles. The van der Waals surface area contributed by atoms with E-state index in [1.807, 2.05) is 0 Å². The molecule has 1 unspecified atom stereocenters. The average Bonchev–Trinajstić information content (AvgIpc) is 3.00. The molecule has 1 saturated heterocycles. The van der Waals surface area contributed by atoms with Crippen LogP contribution in [0.1, 0.15) is 26.0 Å². The Morgan fingerprint density at radius 3 is 2.80 bits per heavy atom. The minimum Gasteiger partial charge on any atom is -0.349 e. The lowest BCUT2D eigenvalue weighted by Crippen LogP contribution is -2.44. The summed E-state index contributed by atoms with van der Waals surface area (Å²) in [5, 5.41) is 5.21. The molecule has 0 aliphatic carbocycles. The number of rotatable bonds is 5. The molecule has 1 atom stereocenters. The molecule has 3 N–H and O–H groups in total. The van der Waals surface area contributed by atoms with Crippen molar-refractivity contribution >= 4 is 17.8 Å². The average molecular weight is 279 g/mol. The molecule has 1 aromatic heterocycles. The Hall–Kier alpha value is -2.38. The lowest BCUT2D eigenvalue weighted by atomic mass is 9.99. The van der Waals surface area contributed by atoms with Gasteiger partial charge in [-0.2, -0.15) is 0 Å². The molecule has 0 radical (unpaired) electrons. The van der Waals surface area contributed by atoms with Gasteiger partial charge in [0.1, 0.15) is 12.1 Å². The van der Waals surface area contributed by atoms with Crippen LogP contribution in [0.5, 0.6) is 0 Å². The predicted molar refractivity (Wildman–Crippen MR) is 69.4 cm³/mol. The van der Waals surface area contributed by atoms with Crippen LogP contribution in [0.4, 0.5) is 4.79 Å². The molecule has 8 heteroatoms. The van der Waals surface area contributed by atoms with Gasteiger partial charge in [0.2, 0.25) is 5.91 Å². The number of carbonyl (C=O) groups is 3. The van der Waals surface area contributed by atoms with Gasteiger partial charge in [-0.1, -0.05) is 6.92 Å². The molecule has 20 heavy (non-hydrogen) atoms. The first-order valence-corrected chi connectivity index (χ1v) is 6.34. The fourth-order valence-electron chi connectivity index (χ4n) is 1.90. The number of aromatic amines is 1. The number of hydrogen-bond acceptors (Lipinski definition) is 4. The molecule has 0 saturated carbocycles. The summed E-state index contributed by atoms with van der Waals surface area (Å²) in [5.41, 5.74) is -0.172. The quantitative estimate of drug-likeness (QED) is 0.646. The van der Waals surface area contributed by atoms with E-state index in [0.717, 1.165) is 10.6 Å². The Morgan fingerprint density at radius 2 is 2.25 bits per heavy atom. The summed E-state index contributed by atoms with van der Waals surface area (Å²) in [4.78, 5) is 43.2. The summed E-state index contributed by atoms with van der Waals surface area (Å²) in [6.45, 7) is 3.44. The first kappa shape index (κ1) is 14.0. The van der Waals surface area contributed by atoms with Gasteiger partial charge in [0, 0.05) is 6.20 Å². The second kappa shape index (κ2) is 5.32. The SMILES string of the molecule is CCC1(C)NC(=O)N(CC(=O)NCc2cnc[nH]2)C1=O. The third kappa shape index (κ3) is 2.63. The topological polar surface area (TPSA) is 107 Å². The molecule has 1 aromatic rings. The van der Waals surface area contributed by atoms with Crippen molar-refractivity contribution in [1.29, 1.82) is 0 Å². The van der Waals surface area contributed by atoms with E-state index in [0.29, 0.717) is 6.42 Å². The van der Waals surface area contributed by atoms with E-state index in [1.54, 1.807) is 20.0 Å². The number of amides is 4. The molecular weight excluding hydrogens is 262 g/mol. The molecule has 108 valence electrons. The molecule has 1 fully saturated rings. The second-order valence-electron chi connectivity index (χ2n) is 4.86. The maximum absolute atomic E-state index is 12.1. The van der Waals surface area contributed by atoms with Crippen LogP contribution in [-0.2, 0) is 16.1 Å². The van der Waals surface area contributed by atoms with Crippen LogP contribution in [0.3, 0.4) is 0 Å². The highest BCUT2D eigenvalue weighted by Crippen LogP contribution is 2.20. The van der Waals surface area contributed by atoms with Crippen LogP contribution >= 0.6 is 0 Å². The minimum atomic E-state index is -0.916. The minimum absolute atomic E-state index is 0.271. The van der Waals surface area contributed by atoms with E-state index in [2.05, 4.69) is 20.6 Å². The number of nitrogens with one attached hydrogen (secondary N) is 3. The van der Waals surface area contributed by atoms with Crippen molar-refractivity contribution < 1.29 is 14.4 Å². The van der Waals surface area contributed by atoms with Gasteiger partial charge in [-0.25, -0.2) is 9.78 Å². The van der Waals surface area contributed by atoms with Gasteiger partial charge in [-0.3, -0.25) is 14.5 Å². The molecule has 0 spiro atoms. The van der Waals surface area contributed by atoms with E-state index in [9.17, 15) is 14.4 Å². The van der Waals surface area contributed by atoms with E-state index < -0.39 is 17.5 Å². The number of H-pyrrole nitrogens is 1. The second-order valence-corrected chi connectivity index (χ2v) is 4.86. The lowest BCUT2D eigenvalue weighted by Gasteiger charge is -2.19. The van der Waals surface area contributed by atoms with Crippen molar-refractivity contribution in [2.75, 3.05) is 6.54 Å². The van der Waals surface area contributed by atoms with Crippen molar-refractivity contribution in [3.8, 4) is 0 Å². The van der Waals surface area contributed by atoms with Crippen LogP contribution in [0.15, 0.2) is 12.5 Å². The van der Waals surface area contributed by atoms with Gasteiger partial charge in [0.15, 0.2) is 0 Å². The molecule has 4 amide bonds. The fraction of sp³-hybridized carbons (Fsp3) is 0.500. The fourth-order valence-corrected chi connectivity index (χ4v) is 1.90. The number of carbonyl (C=O) groups excluding carboxylic acids is 3. The molecular formula is C12H17N5O3. The molecule has 1 aliphatic rings. The monoisotopic (exact) mass is 279 g/mol. The van der Waals surface area contributed by atoms with Crippen molar-refractivity contribution in [3.05, 3.63) is 18.2 Å². The van der Waals surface area contributed by atoms with Gasteiger partial charge in [-0.05, 0) is 13.3 Å². The van der Waals surface area contributed by atoms with Crippen LogP contribution in [-0.4, -0.2) is 44.8 Å². The summed E-state index contributed by atoms with van der Waals surface area (Å²) in [5.74, 6) is -0.773. The van der Waals surface area contributed by atoms with Crippen molar-refractivity contribution in [2.24, 2.45) is 0 Å². The van der Waals surface area contributed by atoms with Gasteiger partial charge in [-0.15, -0.1) is 0 Å². The Morgan fingerprint density at radius 1 is 1.50 bits per heavy atom. The smallest absolute Gasteiger partial charge is 0.325 e.